The Morgan fingerprint density at radius 1 is 1.33 bits per heavy atom. The fourth-order valence-electron chi connectivity index (χ4n) is 2.51. The van der Waals surface area contributed by atoms with E-state index >= 15 is 0 Å². The zero-order valence-electron chi connectivity index (χ0n) is 12.9. The number of nitrogens with one attached hydrogen (secondary N) is 2. The molecule has 0 aliphatic carbocycles. The predicted octanol–water partition coefficient (Wildman–Crippen LogP) is 0.796. The van der Waals surface area contributed by atoms with Crippen LogP contribution < -0.4 is 10.6 Å². The maximum atomic E-state index is 12.3. The van der Waals surface area contributed by atoms with Crippen molar-refractivity contribution in [2.75, 3.05) is 13.6 Å². The molecular formula is C14H25N3O4. The Hall–Kier alpha value is -1.79. The van der Waals surface area contributed by atoms with Crippen molar-refractivity contribution in [3.8, 4) is 0 Å². The summed E-state index contributed by atoms with van der Waals surface area (Å²) < 4.78 is 0. The monoisotopic (exact) mass is 299 g/mol. The van der Waals surface area contributed by atoms with Gasteiger partial charge < -0.3 is 20.6 Å². The van der Waals surface area contributed by atoms with Crippen molar-refractivity contribution >= 4 is 17.9 Å². The van der Waals surface area contributed by atoms with E-state index in [1.165, 1.54) is 11.9 Å². The Bertz CT molecular complexity index is 400. The van der Waals surface area contributed by atoms with Gasteiger partial charge in [0, 0.05) is 13.6 Å². The molecule has 120 valence electrons. The fourth-order valence-corrected chi connectivity index (χ4v) is 2.51. The maximum absolute atomic E-state index is 12.3. The highest BCUT2D eigenvalue weighted by Gasteiger charge is 2.34. The van der Waals surface area contributed by atoms with Gasteiger partial charge in [0.1, 0.15) is 12.1 Å². The first-order valence-corrected chi connectivity index (χ1v) is 7.43. The van der Waals surface area contributed by atoms with Crippen LogP contribution in [0.5, 0.6) is 0 Å². The molecule has 1 saturated heterocycles. The second-order valence-corrected chi connectivity index (χ2v) is 5.47. The van der Waals surface area contributed by atoms with Gasteiger partial charge in [-0.3, -0.25) is 4.79 Å². The Labute approximate surface area is 125 Å². The molecule has 3 amide bonds. The van der Waals surface area contributed by atoms with Gasteiger partial charge in [-0.15, -0.1) is 0 Å². The molecule has 1 aliphatic heterocycles. The number of carboxylic acid groups (broad SMARTS) is 1. The SMILES string of the molecule is CCC(C)C(NC(=O)N1CCCCC1C(=O)NC)C(=O)O. The fraction of sp³-hybridized carbons (Fsp3) is 0.786. The number of carbonyl (C=O) groups excluding carboxylic acids is 2. The van der Waals surface area contributed by atoms with Gasteiger partial charge in [-0.2, -0.15) is 0 Å². The molecule has 3 atom stereocenters. The van der Waals surface area contributed by atoms with Crippen LogP contribution in [-0.4, -0.2) is 53.6 Å². The van der Waals surface area contributed by atoms with Crippen LogP contribution in [0.25, 0.3) is 0 Å². The lowest BCUT2D eigenvalue weighted by Gasteiger charge is -2.35. The van der Waals surface area contributed by atoms with Gasteiger partial charge in [-0.05, 0) is 25.2 Å². The summed E-state index contributed by atoms with van der Waals surface area (Å²) in [5.74, 6) is -1.43. The molecule has 7 nitrogen and oxygen atoms in total. The second-order valence-electron chi connectivity index (χ2n) is 5.47. The molecule has 1 fully saturated rings. The molecule has 21 heavy (non-hydrogen) atoms. The van der Waals surface area contributed by atoms with Crippen LogP contribution >= 0.6 is 0 Å². The van der Waals surface area contributed by atoms with E-state index in [9.17, 15) is 19.5 Å². The Morgan fingerprint density at radius 2 is 2.00 bits per heavy atom. The zero-order chi connectivity index (χ0) is 16.0. The number of hydrogen-bond acceptors (Lipinski definition) is 3. The lowest BCUT2D eigenvalue weighted by molar-refractivity contribution is -0.140. The standard InChI is InChI=1S/C14H25N3O4/c1-4-9(2)11(13(19)20)16-14(21)17-8-6-5-7-10(17)12(18)15-3/h9-11H,4-8H2,1-3H3,(H,15,18)(H,16,21)(H,19,20). The van der Waals surface area contributed by atoms with Gasteiger partial charge in [-0.1, -0.05) is 20.3 Å². The molecule has 7 heteroatoms. The van der Waals surface area contributed by atoms with Crippen molar-refractivity contribution in [2.45, 2.75) is 51.6 Å². The molecule has 0 aromatic carbocycles. The molecular weight excluding hydrogens is 274 g/mol. The van der Waals surface area contributed by atoms with Gasteiger partial charge >= 0.3 is 12.0 Å². The van der Waals surface area contributed by atoms with Crippen LogP contribution in [0.1, 0.15) is 39.5 Å². The minimum absolute atomic E-state index is 0.172. The van der Waals surface area contributed by atoms with Crippen molar-refractivity contribution in [3.63, 3.8) is 0 Å². The minimum Gasteiger partial charge on any atom is -0.480 e. The summed E-state index contributed by atoms with van der Waals surface area (Å²) in [5, 5.41) is 14.3. The van der Waals surface area contributed by atoms with Crippen LogP contribution in [0.15, 0.2) is 0 Å². The molecule has 0 saturated carbocycles. The number of nitrogens with zero attached hydrogens (tertiary/aromatic N) is 1. The molecule has 1 rings (SSSR count). The summed E-state index contributed by atoms with van der Waals surface area (Å²) in [6, 6.07) is -1.93. The van der Waals surface area contributed by atoms with Crippen LogP contribution in [0, 0.1) is 5.92 Å². The number of likely N-dealkylation sites (N-methyl/N-ethyl adjacent to an activating group) is 1. The highest BCUT2D eigenvalue weighted by atomic mass is 16.4. The van der Waals surface area contributed by atoms with E-state index in [0.29, 0.717) is 19.4 Å². The summed E-state index contributed by atoms with van der Waals surface area (Å²) in [4.78, 5) is 36.9. The number of likely N-dealkylation sites (tertiary alicyclic amines) is 1. The van der Waals surface area contributed by atoms with Gasteiger partial charge in [-0.25, -0.2) is 9.59 Å². The van der Waals surface area contributed by atoms with E-state index in [1.807, 2.05) is 6.92 Å². The summed E-state index contributed by atoms with van der Waals surface area (Å²) in [7, 11) is 1.53. The van der Waals surface area contributed by atoms with E-state index < -0.39 is 24.1 Å². The lowest BCUT2D eigenvalue weighted by atomic mass is 9.99. The largest absolute Gasteiger partial charge is 0.480 e. The van der Waals surface area contributed by atoms with E-state index in [4.69, 9.17) is 0 Å². The number of rotatable bonds is 5. The topological polar surface area (TPSA) is 98.7 Å². The molecule has 0 aromatic rings. The summed E-state index contributed by atoms with van der Waals surface area (Å²) in [5.41, 5.74) is 0. The predicted molar refractivity (Wildman–Crippen MR) is 77.8 cm³/mol. The van der Waals surface area contributed by atoms with Gasteiger partial charge in [0.2, 0.25) is 5.91 Å². The van der Waals surface area contributed by atoms with E-state index in [2.05, 4.69) is 10.6 Å². The van der Waals surface area contributed by atoms with Gasteiger partial charge in [0.15, 0.2) is 0 Å². The lowest BCUT2D eigenvalue weighted by Crippen LogP contribution is -2.57. The third-order valence-corrected chi connectivity index (χ3v) is 4.07. The molecule has 0 spiro atoms. The Balaban J connectivity index is 2.79. The van der Waals surface area contributed by atoms with Crippen molar-refractivity contribution in [1.82, 2.24) is 15.5 Å². The van der Waals surface area contributed by atoms with Crippen LogP contribution in [-0.2, 0) is 9.59 Å². The summed E-state index contributed by atoms with van der Waals surface area (Å²) in [6.45, 7) is 4.13. The van der Waals surface area contributed by atoms with Crippen molar-refractivity contribution in [2.24, 2.45) is 5.92 Å². The number of amides is 3. The van der Waals surface area contributed by atoms with Crippen LogP contribution in [0.2, 0.25) is 0 Å². The first-order valence-electron chi connectivity index (χ1n) is 7.43. The number of hydrogen-bond donors (Lipinski definition) is 3. The molecule has 3 unspecified atom stereocenters. The molecule has 0 aromatic heterocycles. The van der Waals surface area contributed by atoms with E-state index in [1.54, 1.807) is 6.92 Å². The van der Waals surface area contributed by atoms with Crippen LogP contribution in [0.3, 0.4) is 0 Å². The van der Waals surface area contributed by atoms with E-state index in [-0.39, 0.29) is 11.8 Å². The third-order valence-electron chi connectivity index (χ3n) is 4.07. The van der Waals surface area contributed by atoms with Gasteiger partial charge in [0.25, 0.3) is 0 Å². The summed E-state index contributed by atoms with van der Waals surface area (Å²) in [6.07, 6.45) is 2.96. The smallest absolute Gasteiger partial charge is 0.326 e. The average Bonchev–Trinajstić information content (AvgIpc) is 2.50. The highest BCUT2D eigenvalue weighted by molar-refractivity contribution is 5.89. The number of urea groups is 1. The van der Waals surface area contributed by atoms with Crippen molar-refractivity contribution in [3.05, 3.63) is 0 Å². The molecule has 1 heterocycles. The van der Waals surface area contributed by atoms with Gasteiger partial charge in [0.05, 0.1) is 0 Å². The van der Waals surface area contributed by atoms with Crippen molar-refractivity contribution < 1.29 is 19.5 Å². The van der Waals surface area contributed by atoms with E-state index in [0.717, 1.165) is 12.8 Å². The molecule has 3 N–H and O–H groups in total. The minimum atomic E-state index is -1.05. The quantitative estimate of drug-likeness (QED) is 0.699. The Kier molecular flexibility index (Phi) is 6.45. The van der Waals surface area contributed by atoms with Crippen molar-refractivity contribution in [1.29, 1.82) is 0 Å². The first-order chi connectivity index (χ1) is 9.92. The second kappa shape index (κ2) is 7.85. The normalized spacial score (nSPS) is 21.3. The maximum Gasteiger partial charge on any atom is 0.326 e. The Morgan fingerprint density at radius 3 is 2.52 bits per heavy atom. The number of aliphatic carboxylic acids is 1. The molecule has 0 radical (unpaired) electrons. The molecule has 1 aliphatic rings. The molecule has 0 bridgehead atoms. The number of carboxylic acids is 1. The third kappa shape index (κ3) is 4.34. The van der Waals surface area contributed by atoms with Crippen LogP contribution in [0.4, 0.5) is 4.79 Å². The highest BCUT2D eigenvalue weighted by Crippen LogP contribution is 2.18. The number of carbonyl (C=O) groups is 3. The first kappa shape index (κ1) is 17.3. The zero-order valence-corrected chi connectivity index (χ0v) is 12.9. The summed E-state index contributed by atoms with van der Waals surface area (Å²) >= 11 is 0. The average molecular weight is 299 g/mol. The number of piperidine rings is 1.